The Morgan fingerprint density at radius 3 is 2.29 bits per heavy atom. The highest BCUT2D eigenvalue weighted by Crippen LogP contribution is 2.27. The molecule has 7 nitrogen and oxygen atoms in total. The average molecular weight is 414 g/mol. The van der Waals surface area contributed by atoms with E-state index >= 15 is 0 Å². The topological polar surface area (TPSA) is 107 Å². The van der Waals surface area contributed by atoms with Crippen molar-refractivity contribution in [3.05, 3.63) is 84.2 Å². The molecule has 0 atom stereocenters. The molecule has 4 aromatic rings. The van der Waals surface area contributed by atoms with Crippen LogP contribution in [0.1, 0.15) is 15.9 Å². The summed E-state index contributed by atoms with van der Waals surface area (Å²) >= 11 is 0. The maximum absolute atomic E-state index is 12.1. The van der Waals surface area contributed by atoms with Crippen molar-refractivity contribution < 1.29 is 15.1 Å². The molecule has 4 rings (SSSR count). The molecular formula is C24H22N4O3. The van der Waals surface area contributed by atoms with Crippen molar-refractivity contribution in [2.45, 2.75) is 6.54 Å². The summed E-state index contributed by atoms with van der Waals surface area (Å²) in [4.78, 5) is 20.8. The Hall–Kier alpha value is -3.65. The first-order chi connectivity index (χ1) is 15.2. The Kier molecular flexibility index (Phi) is 6.28. The van der Waals surface area contributed by atoms with Gasteiger partial charge in [0.25, 0.3) is 5.91 Å². The molecule has 0 bridgehead atoms. The van der Waals surface area contributed by atoms with Crippen LogP contribution in [0, 0.1) is 0 Å². The smallest absolute Gasteiger partial charge is 0.275 e. The number of nitrogens with one attached hydrogen (secondary N) is 2. The molecule has 0 radical (unpaired) electrons. The Bertz CT molecular complexity index is 1190. The second kappa shape index (κ2) is 9.44. The van der Waals surface area contributed by atoms with Gasteiger partial charge in [-0.2, -0.15) is 0 Å². The fourth-order valence-corrected chi connectivity index (χ4v) is 3.42. The summed E-state index contributed by atoms with van der Waals surface area (Å²) in [6, 6.07) is 19.6. The highest BCUT2D eigenvalue weighted by Gasteiger charge is 2.13. The zero-order chi connectivity index (χ0) is 21.6. The van der Waals surface area contributed by atoms with Gasteiger partial charge < -0.3 is 10.4 Å². The van der Waals surface area contributed by atoms with E-state index in [9.17, 15) is 4.79 Å². The molecule has 0 fully saturated rings. The van der Waals surface area contributed by atoms with Crippen LogP contribution in [0.25, 0.3) is 33.3 Å². The quantitative estimate of drug-likeness (QED) is 0.210. The number of hydroxylamine groups is 1. The van der Waals surface area contributed by atoms with Gasteiger partial charge in [-0.3, -0.25) is 15.0 Å². The number of carbonyl (C=O) groups excluding carboxylic acids is 1. The first-order valence-corrected chi connectivity index (χ1v) is 9.90. The lowest BCUT2D eigenvalue weighted by atomic mass is 10.00. The van der Waals surface area contributed by atoms with Crippen LogP contribution in [0.3, 0.4) is 0 Å². The number of nitrogens with zero attached hydrogens (tertiary/aromatic N) is 2. The van der Waals surface area contributed by atoms with Crippen LogP contribution in [-0.4, -0.2) is 39.3 Å². The molecule has 2 aromatic heterocycles. The van der Waals surface area contributed by atoms with Crippen LogP contribution in [-0.2, 0) is 6.54 Å². The molecule has 31 heavy (non-hydrogen) atoms. The Balaban J connectivity index is 1.61. The molecule has 0 aliphatic heterocycles. The SMILES string of the molecule is O=C(NO)c1cc(-c2ccc(-c3ccc(CNCCO)cc3)cc2)nc2ccncc12. The first kappa shape index (κ1) is 20.6. The number of fused-ring (bicyclic) bond motifs is 1. The molecule has 2 heterocycles. The minimum absolute atomic E-state index is 0.125. The summed E-state index contributed by atoms with van der Waals surface area (Å²) in [5.74, 6) is -0.605. The number of rotatable bonds is 7. The van der Waals surface area contributed by atoms with E-state index in [-0.39, 0.29) is 6.61 Å². The van der Waals surface area contributed by atoms with Crippen LogP contribution >= 0.6 is 0 Å². The molecule has 1 amide bonds. The Morgan fingerprint density at radius 2 is 1.61 bits per heavy atom. The summed E-state index contributed by atoms with van der Waals surface area (Å²) in [5.41, 5.74) is 7.43. The number of carbonyl (C=O) groups is 1. The predicted octanol–water partition coefficient (Wildman–Crippen LogP) is 3.16. The van der Waals surface area contributed by atoms with Crippen LogP contribution in [0.15, 0.2) is 73.1 Å². The predicted molar refractivity (Wildman–Crippen MR) is 118 cm³/mol. The largest absolute Gasteiger partial charge is 0.395 e. The summed E-state index contributed by atoms with van der Waals surface area (Å²) < 4.78 is 0. The number of aromatic nitrogens is 2. The van der Waals surface area contributed by atoms with Crippen molar-refractivity contribution in [2.24, 2.45) is 0 Å². The van der Waals surface area contributed by atoms with Crippen LogP contribution in [0.2, 0.25) is 0 Å². The number of pyridine rings is 2. The lowest BCUT2D eigenvalue weighted by Crippen LogP contribution is -2.19. The van der Waals surface area contributed by atoms with E-state index in [0.717, 1.165) is 22.3 Å². The maximum Gasteiger partial charge on any atom is 0.275 e. The van der Waals surface area contributed by atoms with Gasteiger partial charge in [0.2, 0.25) is 0 Å². The summed E-state index contributed by atoms with van der Waals surface area (Å²) in [6.07, 6.45) is 3.18. The highest BCUT2D eigenvalue weighted by atomic mass is 16.5. The molecule has 0 unspecified atom stereocenters. The van der Waals surface area contributed by atoms with Crippen LogP contribution in [0.5, 0.6) is 0 Å². The average Bonchev–Trinajstić information content (AvgIpc) is 2.83. The van der Waals surface area contributed by atoms with Gasteiger partial charge in [0.15, 0.2) is 0 Å². The van der Waals surface area contributed by atoms with Crippen molar-refractivity contribution in [1.82, 2.24) is 20.8 Å². The van der Waals surface area contributed by atoms with E-state index < -0.39 is 5.91 Å². The van der Waals surface area contributed by atoms with E-state index in [1.807, 2.05) is 24.3 Å². The molecule has 0 aliphatic rings. The standard InChI is InChI=1S/C24H22N4O3/c29-12-11-26-14-16-1-3-17(4-2-16)18-5-7-19(8-6-18)23-13-20(24(30)28-31)21-15-25-10-9-22(21)27-23/h1-10,13,15,26,29,31H,11-12,14H2,(H,28,30). The molecule has 156 valence electrons. The monoisotopic (exact) mass is 414 g/mol. The Morgan fingerprint density at radius 1 is 0.935 bits per heavy atom. The maximum atomic E-state index is 12.1. The van der Waals surface area contributed by atoms with Gasteiger partial charge in [-0.25, -0.2) is 10.5 Å². The van der Waals surface area contributed by atoms with Gasteiger partial charge in [-0.15, -0.1) is 0 Å². The van der Waals surface area contributed by atoms with Gasteiger partial charge >= 0.3 is 0 Å². The number of amides is 1. The van der Waals surface area contributed by atoms with Crippen molar-refractivity contribution >= 4 is 16.8 Å². The van der Waals surface area contributed by atoms with Crippen molar-refractivity contribution in [2.75, 3.05) is 13.2 Å². The molecule has 0 saturated carbocycles. The van der Waals surface area contributed by atoms with Crippen LogP contribution in [0.4, 0.5) is 0 Å². The highest BCUT2D eigenvalue weighted by molar-refractivity contribution is 6.06. The molecule has 4 N–H and O–H groups in total. The van der Waals surface area contributed by atoms with E-state index in [4.69, 9.17) is 10.3 Å². The fraction of sp³-hybridized carbons (Fsp3) is 0.125. The zero-order valence-electron chi connectivity index (χ0n) is 16.7. The minimum Gasteiger partial charge on any atom is -0.395 e. The number of benzene rings is 2. The summed E-state index contributed by atoms with van der Waals surface area (Å²) in [6.45, 7) is 1.41. The van der Waals surface area contributed by atoms with Gasteiger partial charge in [-0.05, 0) is 28.8 Å². The third-order valence-electron chi connectivity index (χ3n) is 5.04. The molecule has 7 heteroatoms. The zero-order valence-corrected chi connectivity index (χ0v) is 16.7. The van der Waals surface area contributed by atoms with E-state index in [1.165, 1.54) is 0 Å². The second-order valence-electron chi connectivity index (χ2n) is 7.06. The molecule has 2 aromatic carbocycles. The molecular weight excluding hydrogens is 392 g/mol. The molecule has 0 aliphatic carbocycles. The lowest BCUT2D eigenvalue weighted by molar-refractivity contribution is 0.0708. The van der Waals surface area contributed by atoms with E-state index in [2.05, 4.69) is 39.6 Å². The van der Waals surface area contributed by atoms with E-state index in [1.54, 1.807) is 30.0 Å². The van der Waals surface area contributed by atoms with Gasteiger partial charge in [0.1, 0.15) is 0 Å². The lowest BCUT2D eigenvalue weighted by Gasteiger charge is -2.09. The Labute approximate surface area is 179 Å². The third-order valence-corrected chi connectivity index (χ3v) is 5.04. The number of aliphatic hydroxyl groups is 1. The third kappa shape index (κ3) is 4.59. The van der Waals surface area contributed by atoms with Gasteiger partial charge in [-0.1, -0.05) is 48.5 Å². The number of hydrogen-bond acceptors (Lipinski definition) is 6. The minimum atomic E-state index is -0.605. The normalized spacial score (nSPS) is 10.9. The second-order valence-corrected chi connectivity index (χ2v) is 7.06. The van der Waals surface area contributed by atoms with Gasteiger partial charge in [0, 0.05) is 36.4 Å². The van der Waals surface area contributed by atoms with Crippen molar-refractivity contribution in [3.8, 4) is 22.4 Å². The van der Waals surface area contributed by atoms with Gasteiger partial charge in [0.05, 0.1) is 23.4 Å². The van der Waals surface area contributed by atoms with Crippen molar-refractivity contribution in [3.63, 3.8) is 0 Å². The molecule has 0 spiro atoms. The summed E-state index contributed by atoms with van der Waals surface area (Å²) in [7, 11) is 0. The van der Waals surface area contributed by atoms with Crippen LogP contribution < -0.4 is 10.8 Å². The van der Waals surface area contributed by atoms with E-state index in [0.29, 0.717) is 35.2 Å². The first-order valence-electron chi connectivity index (χ1n) is 9.90. The number of hydrogen-bond donors (Lipinski definition) is 4. The molecule has 0 saturated heterocycles. The number of aliphatic hydroxyl groups excluding tert-OH is 1. The fourth-order valence-electron chi connectivity index (χ4n) is 3.42. The van der Waals surface area contributed by atoms with Crippen molar-refractivity contribution in [1.29, 1.82) is 0 Å². The summed E-state index contributed by atoms with van der Waals surface area (Å²) in [5, 5.41) is 21.7.